The number of hydrogen-bond acceptors (Lipinski definition) is 7. The number of carbonyl (C=O) groups excluding carboxylic acids is 2. The minimum Gasteiger partial charge on any atom is -0.465 e. The normalized spacial score (nSPS) is 11.9. The van der Waals surface area contributed by atoms with Crippen molar-refractivity contribution in [2.45, 2.75) is 52.0 Å². The molecule has 0 aliphatic carbocycles. The summed E-state index contributed by atoms with van der Waals surface area (Å²) in [5.74, 6) is -1.13. The van der Waals surface area contributed by atoms with Crippen molar-refractivity contribution in [3.63, 3.8) is 0 Å². The molecular formula is C39H35ClFN3O6S. The molecule has 0 atom stereocenters. The van der Waals surface area contributed by atoms with E-state index in [4.69, 9.17) is 21.1 Å². The summed E-state index contributed by atoms with van der Waals surface area (Å²) in [6, 6.07) is 22.2. The summed E-state index contributed by atoms with van der Waals surface area (Å²) in [5.41, 5.74) is 3.98. The van der Waals surface area contributed by atoms with Crippen molar-refractivity contribution in [3.8, 4) is 33.5 Å². The first kappa shape index (κ1) is 35.6. The van der Waals surface area contributed by atoms with Crippen LogP contribution in [0, 0.1) is 26.6 Å². The summed E-state index contributed by atoms with van der Waals surface area (Å²) in [7, 11) is -3.05. The number of rotatable bonds is 6. The van der Waals surface area contributed by atoms with Crippen molar-refractivity contribution in [2.24, 2.45) is 0 Å². The van der Waals surface area contributed by atoms with Crippen molar-refractivity contribution in [1.82, 2.24) is 13.8 Å². The molecule has 6 rings (SSSR count). The number of ether oxygens (including phenoxy) is 2. The van der Waals surface area contributed by atoms with Gasteiger partial charge in [-0.05, 0) is 95.6 Å². The monoisotopic (exact) mass is 727 g/mol. The second-order valence-electron chi connectivity index (χ2n) is 13.2. The number of aromatic nitrogens is 3. The van der Waals surface area contributed by atoms with Crippen molar-refractivity contribution in [1.29, 1.82) is 0 Å². The molecule has 9 nitrogen and oxygen atoms in total. The van der Waals surface area contributed by atoms with Crippen LogP contribution >= 0.6 is 11.6 Å². The van der Waals surface area contributed by atoms with Gasteiger partial charge in [0.1, 0.15) is 11.4 Å². The van der Waals surface area contributed by atoms with E-state index in [0.29, 0.717) is 44.6 Å². The zero-order valence-electron chi connectivity index (χ0n) is 29.0. The fourth-order valence-corrected chi connectivity index (χ4v) is 7.97. The molecule has 0 radical (unpaired) electrons. The van der Waals surface area contributed by atoms with Gasteiger partial charge in [0.25, 0.3) is 10.0 Å². The van der Waals surface area contributed by atoms with Crippen LogP contribution in [0.5, 0.6) is 0 Å². The molecule has 0 spiro atoms. The Hall–Kier alpha value is -5.26. The van der Waals surface area contributed by atoms with Gasteiger partial charge in [-0.15, -0.1) is 0 Å². The quantitative estimate of drug-likeness (QED) is 0.157. The van der Waals surface area contributed by atoms with Crippen LogP contribution in [0.3, 0.4) is 0 Å². The summed E-state index contributed by atoms with van der Waals surface area (Å²) < 4.78 is 57.6. The fraction of sp³-hybridized carbons (Fsp3) is 0.205. The summed E-state index contributed by atoms with van der Waals surface area (Å²) in [5, 5.41) is 5.08. The van der Waals surface area contributed by atoms with E-state index in [9.17, 15) is 18.0 Å². The van der Waals surface area contributed by atoms with Gasteiger partial charge in [-0.2, -0.15) is 9.78 Å². The zero-order chi connectivity index (χ0) is 37.0. The van der Waals surface area contributed by atoms with E-state index in [1.54, 1.807) is 83.1 Å². The average Bonchev–Trinajstić information content (AvgIpc) is 3.56. The van der Waals surface area contributed by atoms with E-state index < -0.39 is 33.5 Å². The van der Waals surface area contributed by atoms with Gasteiger partial charge in [-0.1, -0.05) is 53.6 Å². The number of carbonyl (C=O) groups is 2. The highest BCUT2D eigenvalue weighted by atomic mass is 35.5. The zero-order valence-corrected chi connectivity index (χ0v) is 30.6. The van der Waals surface area contributed by atoms with Crippen LogP contribution in [0.2, 0.25) is 5.02 Å². The number of esters is 1. The highest BCUT2D eigenvalue weighted by molar-refractivity contribution is 7.90. The lowest BCUT2D eigenvalue weighted by molar-refractivity contribution is 0.0509. The predicted octanol–water partition coefficient (Wildman–Crippen LogP) is 9.36. The predicted molar refractivity (Wildman–Crippen MR) is 195 cm³/mol. The van der Waals surface area contributed by atoms with E-state index in [0.717, 1.165) is 10.2 Å². The van der Waals surface area contributed by atoms with Gasteiger partial charge in [0, 0.05) is 32.7 Å². The smallest absolute Gasteiger partial charge is 0.435 e. The molecule has 0 bridgehead atoms. The maximum atomic E-state index is 15.2. The van der Waals surface area contributed by atoms with Crippen molar-refractivity contribution < 1.29 is 31.9 Å². The largest absolute Gasteiger partial charge is 0.465 e. The number of halogens is 2. The molecule has 262 valence electrons. The molecule has 0 fully saturated rings. The van der Waals surface area contributed by atoms with E-state index in [-0.39, 0.29) is 26.7 Å². The Labute approximate surface area is 300 Å². The number of fused-ring (bicyclic) bond motifs is 1. The van der Waals surface area contributed by atoms with Gasteiger partial charge in [0.2, 0.25) is 0 Å². The Balaban J connectivity index is 1.71. The number of hydrogen-bond donors (Lipinski definition) is 0. The summed E-state index contributed by atoms with van der Waals surface area (Å²) in [4.78, 5) is 25.5. The topological polar surface area (TPSA) is 109 Å². The second-order valence-corrected chi connectivity index (χ2v) is 15.4. The first-order valence-electron chi connectivity index (χ1n) is 16.0. The van der Waals surface area contributed by atoms with E-state index in [2.05, 4.69) is 5.10 Å². The average molecular weight is 728 g/mol. The number of methoxy groups -OCH3 is 1. The lowest BCUT2D eigenvalue weighted by atomic mass is 9.95. The van der Waals surface area contributed by atoms with Crippen molar-refractivity contribution >= 4 is 44.6 Å². The second kappa shape index (κ2) is 13.1. The highest BCUT2D eigenvalue weighted by Crippen LogP contribution is 2.46. The van der Waals surface area contributed by atoms with E-state index >= 15 is 4.39 Å². The molecule has 51 heavy (non-hydrogen) atoms. The molecule has 4 aromatic carbocycles. The Morgan fingerprint density at radius 2 is 1.55 bits per heavy atom. The third-order valence-electron chi connectivity index (χ3n) is 8.39. The van der Waals surface area contributed by atoms with Crippen LogP contribution in [0.25, 0.3) is 44.4 Å². The maximum Gasteiger partial charge on any atom is 0.435 e. The van der Waals surface area contributed by atoms with Gasteiger partial charge in [0.05, 0.1) is 40.2 Å². The first-order chi connectivity index (χ1) is 24.0. The van der Waals surface area contributed by atoms with Crippen molar-refractivity contribution in [2.75, 3.05) is 7.11 Å². The fourth-order valence-electron chi connectivity index (χ4n) is 6.13. The van der Waals surface area contributed by atoms with Crippen LogP contribution in [-0.4, -0.2) is 46.9 Å². The molecule has 2 aromatic heterocycles. The molecule has 0 unspecified atom stereocenters. The Kier molecular flexibility index (Phi) is 9.16. The third-order valence-corrected chi connectivity index (χ3v) is 10.4. The van der Waals surface area contributed by atoms with Crippen LogP contribution in [0.4, 0.5) is 9.18 Å². The first-order valence-corrected chi connectivity index (χ1v) is 17.8. The van der Waals surface area contributed by atoms with Crippen LogP contribution < -0.4 is 0 Å². The summed E-state index contributed by atoms with van der Waals surface area (Å²) >= 11 is 6.68. The number of benzene rings is 4. The van der Waals surface area contributed by atoms with Crippen LogP contribution in [0.1, 0.15) is 48.1 Å². The lowest BCUT2D eigenvalue weighted by Crippen LogP contribution is -2.28. The molecule has 6 aromatic rings. The molecule has 0 N–H and O–H groups in total. The Morgan fingerprint density at radius 1 is 0.863 bits per heavy atom. The summed E-state index contributed by atoms with van der Waals surface area (Å²) in [6.07, 6.45) is -0.717. The Morgan fingerprint density at radius 3 is 2.20 bits per heavy atom. The molecule has 0 amide bonds. The standard InChI is InChI=1S/C39H35ClFN3O6S/c1-22-11-15-29(16-12-22)51(47,48)44-33-18-14-28(41)21-31(33)35(34-23(2)42-43(24(34)3)38(46)50-39(4,5)6)36(44)26-10-8-9-25(19-26)30-17-13-27(20-32(30)40)37(45)49-7/h8-21H,1-7H3. The summed E-state index contributed by atoms with van der Waals surface area (Å²) in [6.45, 7) is 10.5. The molecule has 0 saturated heterocycles. The van der Waals surface area contributed by atoms with Gasteiger partial charge in [-0.3, -0.25) is 0 Å². The van der Waals surface area contributed by atoms with Gasteiger partial charge in [-0.25, -0.2) is 26.4 Å². The molecule has 0 aliphatic heterocycles. The van der Waals surface area contributed by atoms with E-state index in [1.807, 2.05) is 6.92 Å². The van der Waals surface area contributed by atoms with E-state index in [1.165, 1.54) is 47.5 Å². The van der Waals surface area contributed by atoms with Gasteiger partial charge in [0.15, 0.2) is 0 Å². The SMILES string of the molecule is COC(=O)c1ccc(-c2cccc(-c3c(-c4c(C)nn(C(=O)OC(C)(C)C)c4C)c4cc(F)ccc4n3S(=O)(=O)c3ccc(C)cc3)c2)c(Cl)c1. The molecule has 12 heteroatoms. The van der Waals surface area contributed by atoms with Crippen LogP contribution in [-0.2, 0) is 19.5 Å². The molecular weight excluding hydrogens is 693 g/mol. The number of nitrogens with zero attached hydrogens (tertiary/aromatic N) is 3. The Bertz CT molecular complexity index is 2480. The lowest BCUT2D eigenvalue weighted by Gasteiger charge is -2.19. The van der Waals surface area contributed by atoms with Crippen molar-refractivity contribution in [3.05, 3.63) is 118 Å². The maximum absolute atomic E-state index is 15.2. The highest BCUT2D eigenvalue weighted by Gasteiger charge is 2.33. The van der Waals surface area contributed by atoms with Crippen LogP contribution in [0.15, 0.2) is 89.8 Å². The third kappa shape index (κ3) is 6.55. The minimum absolute atomic E-state index is 0.0256. The molecule has 2 heterocycles. The molecule has 0 aliphatic rings. The van der Waals surface area contributed by atoms with Gasteiger partial charge >= 0.3 is 12.1 Å². The number of aryl methyl sites for hydroxylation is 2. The van der Waals surface area contributed by atoms with Gasteiger partial charge < -0.3 is 9.47 Å². The molecule has 0 saturated carbocycles. The minimum atomic E-state index is -4.33.